The van der Waals surface area contributed by atoms with Gasteiger partial charge < -0.3 is 13.7 Å². The van der Waals surface area contributed by atoms with Gasteiger partial charge >= 0.3 is 0 Å². The molecule has 0 aromatic carbocycles. The van der Waals surface area contributed by atoms with Crippen LogP contribution in [0.4, 0.5) is 0 Å². The molecule has 0 radical (unpaired) electrons. The van der Waals surface area contributed by atoms with Gasteiger partial charge in [0.15, 0.2) is 0 Å². The number of piperidine rings is 1. The van der Waals surface area contributed by atoms with Crippen LogP contribution < -0.4 is 0 Å². The Morgan fingerprint density at radius 3 is 2.85 bits per heavy atom. The van der Waals surface area contributed by atoms with Crippen molar-refractivity contribution < 1.29 is 13.6 Å². The fourth-order valence-corrected chi connectivity index (χ4v) is 2.50. The number of aromatic nitrogens is 2. The van der Waals surface area contributed by atoms with Gasteiger partial charge in [-0.3, -0.25) is 4.79 Å². The summed E-state index contributed by atoms with van der Waals surface area (Å²) in [5.74, 6) is 1.60. The van der Waals surface area contributed by atoms with E-state index in [4.69, 9.17) is 8.83 Å². The summed E-state index contributed by atoms with van der Waals surface area (Å²) in [6, 6.07) is 1.79. The molecule has 0 unspecified atom stereocenters. The number of hydrogen-bond acceptors (Lipinski definition) is 5. The Hall–Kier alpha value is -2.11. The lowest BCUT2D eigenvalue weighted by atomic mass is 9.96. The Labute approximate surface area is 116 Å². The van der Waals surface area contributed by atoms with E-state index in [-0.39, 0.29) is 11.8 Å². The van der Waals surface area contributed by atoms with Crippen molar-refractivity contribution in [1.82, 2.24) is 15.1 Å². The Balaban J connectivity index is 1.65. The van der Waals surface area contributed by atoms with Gasteiger partial charge in [0.05, 0.1) is 11.8 Å². The molecule has 3 rings (SSSR count). The molecule has 0 saturated carbocycles. The number of hydrogen-bond donors (Lipinski definition) is 0. The maximum atomic E-state index is 11.6. The first-order chi connectivity index (χ1) is 9.78. The minimum atomic E-state index is 0.216. The summed E-state index contributed by atoms with van der Waals surface area (Å²) < 4.78 is 10.7. The number of rotatable bonds is 3. The normalized spacial score (nSPS) is 16.6. The van der Waals surface area contributed by atoms with E-state index in [2.05, 4.69) is 10.2 Å². The summed E-state index contributed by atoms with van der Waals surface area (Å²) >= 11 is 0. The quantitative estimate of drug-likeness (QED) is 0.860. The fraction of sp³-hybridized carbons (Fsp3) is 0.500. The zero-order chi connectivity index (χ0) is 13.9. The Morgan fingerprint density at radius 1 is 1.40 bits per heavy atom. The number of nitrogens with zero attached hydrogens (tertiary/aromatic N) is 3. The number of carbonyl (C=O) groups excluding carboxylic acids is 1. The third-order valence-electron chi connectivity index (χ3n) is 3.71. The van der Waals surface area contributed by atoms with Crippen LogP contribution >= 0.6 is 0 Å². The molecule has 6 nitrogen and oxygen atoms in total. The molecule has 1 aliphatic rings. The van der Waals surface area contributed by atoms with E-state index in [0.29, 0.717) is 18.2 Å². The van der Waals surface area contributed by atoms with Gasteiger partial charge in [0, 0.05) is 25.4 Å². The molecular formula is C14H17N3O3. The molecule has 6 heteroatoms. The molecule has 1 saturated heterocycles. The van der Waals surface area contributed by atoms with Crippen LogP contribution in [0.5, 0.6) is 0 Å². The van der Waals surface area contributed by atoms with Gasteiger partial charge in [-0.2, -0.15) is 0 Å². The lowest BCUT2D eigenvalue weighted by molar-refractivity contribution is -0.131. The SMILES string of the molecule is CCC(=O)N1CCC(c2nnc(-c3ccoc3)o2)CC1. The molecule has 3 heterocycles. The molecule has 0 atom stereocenters. The fourth-order valence-electron chi connectivity index (χ4n) is 2.50. The molecule has 0 N–H and O–H groups in total. The predicted octanol–water partition coefficient (Wildman–Crippen LogP) is 2.45. The van der Waals surface area contributed by atoms with Gasteiger partial charge in [-0.25, -0.2) is 0 Å². The molecular weight excluding hydrogens is 258 g/mol. The van der Waals surface area contributed by atoms with E-state index in [1.165, 1.54) is 0 Å². The van der Waals surface area contributed by atoms with Gasteiger partial charge in [-0.1, -0.05) is 6.92 Å². The Morgan fingerprint density at radius 2 is 2.20 bits per heavy atom. The third kappa shape index (κ3) is 2.45. The zero-order valence-corrected chi connectivity index (χ0v) is 11.4. The van der Waals surface area contributed by atoms with Crippen LogP contribution in [0.2, 0.25) is 0 Å². The van der Waals surface area contributed by atoms with Crippen LogP contribution in [0.3, 0.4) is 0 Å². The van der Waals surface area contributed by atoms with E-state index in [1.54, 1.807) is 18.6 Å². The summed E-state index contributed by atoms with van der Waals surface area (Å²) in [4.78, 5) is 13.5. The predicted molar refractivity (Wildman–Crippen MR) is 70.8 cm³/mol. The van der Waals surface area contributed by atoms with Crippen molar-refractivity contribution in [3.63, 3.8) is 0 Å². The largest absolute Gasteiger partial charge is 0.472 e. The molecule has 1 aliphatic heterocycles. The summed E-state index contributed by atoms with van der Waals surface area (Å²) in [5.41, 5.74) is 0.794. The smallest absolute Gasteiger partial charge is 0.250 e. The van der Waals surface area contributed by atoms with Crippen molar-refractivity contribution in [3.8, 4) is 11.5 Å². The minimum absolute atomic E-state index is 0.216. The lowest BCUT2D eigenvalue weighted by Gasteiger charge is -2.30. The highest BCUT2D eigenvalue weighted by Gasteiger charge is 2.26. The second-order valence-corrected chi connectivity index (χ2v) is 4.97. The molecule has 2 aromatic rings. The highest BCUT2D eigenvalue weighted by atomic mass is 16.4. The number of carbonyl (C=O) groups is 1. The van der Waals surface area contributed by atoms with Crippen molar-refractivity contribution in [3.05, 3.63) is 24.5 Å². The van der Waals surface area contributed by atoms with Crippen molar-refractivity contribution >= 4 is 5.91 Å². The first-order valence-electron chi connectivity index (χ1n) is 6.91. The van der Waals surface area contributed by atoms with Gasteiger partial charge in [0.1, 0.15) is 6.26 Å². The average molecular weight is 275 g/mol. The first kappa shape index (κ1) is 12.9. The van der Waals surface area contributed by atoms with Gasteiger partial charge in [-0.05, 0) is 18.9 Å². The molecule has 1 fully saturated rings. The monoisotopic (exact) mass is 275 g/mol. The highest BCUT2D eigenvalue weighted by Crippen LogP contribution is 2.29. The molecule has 20 heavy (non-hydrogen) atoms. The minimum Gasteiger partial charge on any atom is -0.472 e. The lowest BCUT2D eigenvalue weighted by Crippen LogP contribution is -2.37. The number of furan rings is 1. The van der Waals surface area contributed by atoms with Gasteiger partial charge in [0.2, 0.25) is 11.8 Å². The van der Waals surface area contributed by atoms with Crippen molar-refractivity contribution in [2.24, 2.45) is 0 Å². The van der Waals surface area contributed by atoms with E-state index in [9.17, 15) is 4.79 Å². The molecule has 0 spiro atoms. The van der Waals surface area contributed by atoms with Crippen LogP contribution in [-0.2, 0) is 4.79 Å². The maximum Gasteiger partial charge on any atom is 0.250 e. The Kier molecular flexibility index (Phi) is 3.54. The Bertz CT molecular complexity index is 568. The standard InChI is InChI=1S/C14H17N3O3/c1-2-12(18)17-6-3-10(4-7-17)13-15-16-14(20-13)11-5-8-19-9-11/h5,8-10H,2-4,6-7H2,1H3. The summed E-state index contributed by atoms with van der Waals surface area (Å²) in [5, 5.41) is 8.17. The highest BCUT2D eigenvalue weighted by molar-refractivity contribution is 5.75. The zero-order valence-electron chi connectivity index (χ0n) is 11.4. The van der Waals surface area contributed by atoms with Gasteiger partial charge in [-0.15, -0.1) is 10.2 Å². The van der Waals surface area contributed by atoms with E-state index < -0.39 is 0 Å². The molecule has 1 amide bonds. The van der Waals surface area contributed by atoms with Crippen LogP contribution in [0.25, 0.3) is 11.5 Å². The van der Waals surface area contributed by atoms with Crippen LogP contribution in [-0.4, -0.2) is 34.1 Å². The number of likely N-dealkylation sites (tertiary alicyclic amines) is 1. The summed E-state index contributed by atoms with van der Waals surface area (Å²) in [6.07, 6.45) is 5.47. The average Bonchev–Trinajstić information content (AvgIpc) is 3.17. The van der Waals surface area contributed by atoms with Crippen molar-refractivity contribution in [2.75, 3.05) is 13.1 Å². The maximum absolute atomic E-state index is 11.6. The van der Waals surface area contributed by atoms with Crippen molar-refractivity contribution in [2.45, 2.75) is 32.1 Å². The van der Waals surface area contributed by atoms with Crippen LogP contribution in [0, 0.1) is 0 Å². The molecule has 2 aromatic heterocycles. The molecule has 0 bridgehead atoms. The van der Waals surface area contributed by atoms with E-state index in [1.807, 2.05) is 11.8 Å². The summed E-state index contributed by atoms with van der Waals surface area (Å²) in [6.45, 7) is 3.42. The topological polar surface area (TPSA) is 72.4 Å². The second-order valence-electron chi connectivity index (χ2n) is 4.97. The van der Waals surface area contributed by atoms with E-state index >= 15 is 0 Å². The summed E-state index contributed by atoms with van der Waals surface area (Å²) in [7, 11) is 0. The van der Waals surface area contributed by atoms with Gasteiger partial charge in [0.25, 0.3) is 5.89 Å². The van der Waals surface area contributed by atoms with E-state index in [0.717, 1.165) is 31.5 Å². The van der Waals surface area contributed by atoms with Crippen LogP contribution in [0.1, 0.15) is 38.0 Å². The van der Waals surface area contributed by atoms with Crippen molar-refractivity contribution in [1.29, 1.82) is 0 Å². The second kappa shape index (κ2) is 5.48. The third-order valence-corrected chi connectivity index (χ3v) is 3.71. The first-order valence-corrected chi connectivity index (χ1v) is 6.91. The molecule has 106 valence electrons. The molecule has 0 aliphatic carbocycles. The number of amides is 1. The van der Waals surface area contributed by atoms with Crippen LogP contribution in [0.15, 0.2) is 27.4 Å².